The highest BCUT2D eigenvalue weighted by atomic mass is 127. The van der Waals surface area contributed by atoms with Crippen molar-refractivity contribution in [1.29, 1.82) is 0 Å². The number of likely N-dealkylation sites (N-methyl/N-ethyl adjacent to an activating group) is 1. The molecule has 2 fully saturated rings. The fourth-order valence-electron chi connectivity index (χ4n) is 2.99. The minimum atomic E-state index is -0.0212. The summed E-state index contributed by atoms with van der Waals surface area (Å²) in [6.45, 7) is 5.57. The van der Waals surface area contributed by atoms with Crippen molar-refractivity contribution in [1.82, 2.24) is 15.5 Å². The van der Waals surface area contributed by atoms with Gasteiger partial charge in [0.05, 0.1) is 19.3 Å². The van der Waals surface area contributed by atoms with Gasteiger partial charge in [0.2, 0.25) is 5.91 Å². The molecule has 8 nitrogen and oxygen atoms in total. The monoisotopic (exact) mass is 512 g/mol. The number of nitrogens with zero attached hydrogens (tertiary/aromatic N) is 2. The van der Waals surface area contributed by atoms with Gasteiger partial charge in [0, 0.05) is 52.9 Å². The van der Waals surface area contributed by atoms with Crippen LogP contribution in [0.2, 0.25) is 0 Å². The molecule has 0 bridgehead atoms. The second-order valence-corrected chi connectivity index (χ2v) is 7.41. The van der Waals surface area contributed by atoms with Crippen molar-refractivity contribution < 1.29 is 19.0 Å². The lowest BCUT2D eigenvalue weighted by atomic mass is 10.1. The highest BCUT2D eigenvalue weighted by molar-refractivity contribution is 14.0. The zero-order valence-corrected chi connectivity index (χ0v) is 19.6. The quantitative estimate of drug-likeness (QED) is 0.198. The zero-order chi connectivity index (χ0) is 19.3. The van der Waals surface area contributed by atoms with Crippen molar-refractivity contribution in [3.8, 4) is 0 Å². The van der Waals surface area contributed by atoms with Crippen molar-refractivity contribution in [2.24, 2.45) is 10.9 Å². The third-order valence-electron chi connectivity index (χ3n) is 4.78. The van der Waals surface area contributed by atoms with Gasteiger partial charge in [0.15, 0.2) is 5.96 Å². The van der Waals surface area contributed by atoms with Crippen LogP contribution in [0.3, 0.4) is 0 Å². The van der Waals surface area contributed by atoms with Gasteiger partial charge in [-0.05, 0) is 32.1 Å². The van der Waals surface area contributed by atoms with Gasteiger partial charge in [-0.1, -0.05) is 0 Å². The maximum absolute atomic E-state index is 11.8. The molecule has 2 unspecified atom stereocenters. The van der Waals surface area contributed by atoms with Crippen LogP contribution >= 0.6 is 24.0 Å². The summed E-state index contributed by atoms with van der Waals surface area (Å²) in [6.07, 6.45) is 5.61. The Morgan fingerprint density at radius 2 is 2.07 bits per heavy atom. The van der Waals surface area contributed by atoms with Crippen LogP contribution in [0.25, 0.3) is 0 Å². The molecule has 28 heavy (non-hydrogen) atoms. The number of amides is 1. The van der Waals surface area contributed by atoms with Crippen LogP contribution < -0.4 is 10.6 Å². The zero-order valence-electron chi connectivity index (χ0n) is 17.3. The topological polar surface area (TPSA) is 84.4 Å². The smallest absolute Gasteiger partial charge is 0.243 e. The summed E-state index contributed by atoms with van der Waals surface area (Å²) in [6, 6.07) is 0. The molecule has 1 amide bonds. The Bertz CT molecular complexity index is 453. The maximum atomic E-state index is 11.8. The molecule has 2 atom stereocenters. The molecule has 0 aromatic heterocycles. The predicted octanol–water partition coefficient (Wildman–Crippen LogP) is 1.24. The van der Waals surface area contributed by atoms with E-state index in [1.165, 1.54) is 6.42 Å². The second kappa shape index (κ2) is 15.2. The maximum Gasteiger partial charge on any atom is 0.243 e. The van der Waals surface area contributed by atoms with Crippen LogP contribution in [0.4, 0.5) is 0 Å². The molecular weight excluding hydrogens is 475 g/mol. The van der Waals surface area contributed by atoms with E-state index in [1.54, 1.807) is 19.0 Å². The van der Waals surface area contributed by atoms with Crippen LogP contribution in [-0.4, -0.2) is 89.6 Å². The highest BCUT2D eigenvalue weighted by Gasteiger charge is 2.16. The van der Waals surface area contributed by atoms with E-state index in [2.05, 4.69) is 15.6 Å². The summed E-state index contributed by atoms with van der Waals surface area (Å²) >= 11 is 0. The standard InChI is InChI=1S/C19H36N4O4.HI/c1-23(2)18(24)13-22-19(21-12-17-6-3-4-10-27-17)20-8-5-9-25-14-16-7-11-26-15-16;/h16-17H,3-15H2,1-2H3,(H2,20,21,22);1H. The van der Waals surface area contributed by atoms with Crippen molar-refractivity contribution in [2.45, 2.75) is 38.2 Å². The van der Waals surface area contributed by atoms with E-state index in [-0.39, 0.29) is 42.5 Å². The summed E-state index contributed by atoms with van der Waals surface area (Å²) in [5.41, 5.74) is 0. The van der Waals surface area contributed by atoms with Crippen molar-refractivity contribution in [3.63, 3.8) is 0 Å². The van der Waals surface area contributed by atoms with Gasteiger partial charge in [0.25, 0.3) is 0 Å². The normalized spacial score (nSPS) is 22.4. The lowest BCUT2D eigenvalue weighted by Crippen LogP contribution is -2.43. The van der Waals surface area contributed by atoms with E-state index >= 15 is 0 Å². The molecule has 2 N–H and O–H groups in total. The molecule has 164 valence electrons. The SMILES string of the molecule is CN(C)C(=O)CN=C(NCCCOCC1CCOC1)NCC1CCCCO1.I. The van der Waals surface area contributed by atoms with Crippen molar-refractivity contribution in [3.05, 3.63) is 0 Å². The van der Waals surface area contributed by atoms with Crippen LogP contribution in [-0.2, 0) is 19.0 Å². The fraction of sp³-hybridized carbons (Fsp3) is 0.895. The Labute approximate surface area is 186 Å². The molecule has 0 spiro atoms. The van der Waals surface area contributed by atoms with Gasteiger partial charge in [-0.15, -0.1) is 24.0 Å². The lowest BCUT2D eigenvalue weighted by Gasteiger charge is -2.24. The predicted molar refractivity (Wildman–Crippen MR) is 120 cm³/mol. The van der Waals surface area contributed by atoms with Crippen molar-refractivity contribution >= 4 is 35.8 Å². The largest absolute Gasteiger partial charge is 0.381 e. The molecule has 0 aromatic rings. The number of nitrogens with one attached hydrogen (secondary N) is 2. The molecule has 0 aliphatic carbocycles. The highest BCUT2D eigenvalue weighted by Crippen LogP contribution is 2.12. The number of hydrogen-bond acceptors (Lipinski definition) is 5. The minimum Gasteiger partial charge on any atom is -0.381 e. The Balaban J connectivity index is 0.00000392. The number of ether oxygens (including phenoxy) is 3. The second-order valence-electron chi connectivity index (χ2n) is 7.41. The van der Waals surface area contributed by atoms with Crippen LogP contribution in [0, 0.1) is 5.92 Å². The van der Waals surface area contributed by atoms with Crippen LogP contribution in [0.1, 0.15) is 32.1 Å². The number of halogens is 1. The first-order valence-corrected chi connectivity index (χ1v) is 10.1. The van der Waals surface area contributed by atoms with E-state index in [0.29, 0.717) is 25.0 Å². The summed E-state index contributed by atoms with van der Waals surface area (Å²) < 4.78 is 16.8. The number of guanidine groups is 1. The van der Waals surface area contributed by atoms with Gasteiger partial charge < -0.3 is 29.7 Å². The first kappa shape index (κ1) is 25.4. The number of carbonyl (C=O) groups is 1. The van der Waals surface area contributed by atoms with Crippen LogP contribution in [0.5, 0.6) is 0 Å². The van der Waals surface area contributed by atoms with Gasteiger partial charge >= 0.3 is 0 Å². The minimum absolute atomic E-state index is 0. The molecular formula is C19H37IN4O4. The third kappa shape index (κ3) is 10.8. The lowest BCUT2D eigenvalue weighted by molar-refractivity contribution is -0.127. The Morgan fingerprint density at radius 3 is 2.75 bits per heavy atom. The summed E-state index contributed by atoms with van der Waals surface area (Å²) in [7, 11) is 3.47. The number of carbonyl (C=O) groups excluding carboxylic acids is 1. The summed E-state index contributed by atoms with van der Waals surface area (Å²) in [5, 5.41) is 6.60. The van der Waals surface area contributed by atoms with Gasteiger partial charge in [0.1, 0.15) is 6.54 Å². The van der Waals surface area contributed by atoms with E-state index in [0.717, 1.165) is 58.7 Å². The van der Waals surface area contributed by atoms with E-state index < -0.39 is 0 Å². The van der Waals surface area contributed by atoms with Gasteiger partial charge in [-0.3, -0.25) is 4.79 Å². The number of rotatable bonds is 10. The molecule has 0 radical (unpaired) electrons. The summed E-state index contributed by atoms with van der Waals surface area (Å²) in [5.74, 6) is 1.18. The average Bonchev–Trinajstić information content (AvgIpc) is 3.20. The Hall–Kier alpha value is -0.650. The van der Waals surface area contributed by atoms with E-state index in [9.17, 15) is 4.79 Å². The molecule has 2 heterocycles. The Kier molecular flexibility index (Phi) is 13.8. The average molecular weight is 512 g/mol. The molecule has 2 saturated heterocycles. The molecule has 9 heteroatoms. The molecule has 2 aliphatic rings. The van der Waals surface area contributed by atoms with Gasteiger partial charge in [-0.25, -0.2) is 4.99 Å². The van der Waals surface area contributed by atoms with E-state index in [4.69, 9.17) is 14.2 Å². The molecule has 2 aliphatic heterocycles. The fourth-order valence-corrected chi connectivity index (χ4v) is 2.99. The van der Waals surface area contributed by atoms with Crippen LogP contribution in [0.15, 0.2) is 4.99 Å². The van der Waals surface area contributed by atoms with Gasteiger partial charge in [-0.2, -0.15) is 0 Å². The number of hydrogen-bond donors (Lipinski definition) is 2. The first-order valence-electron chi connectivity index (χ1n) is 10.1. The van der Waals surface area contributed by atoms with Crippen molar-refractivity contribution in [2.75, 3.05) is 66.8 Å². The molecule has 0 saturated carbocycles. The molecule has 2 rings (SSSR count). The van der Waals surface area contributed by atoms with E-state index in [1.807, 2.05) is 0 Å². The number of aliphatic imine (C=N–C) groups is 1. The third-order valence-corrected chi connectivity index (χ3v) is 4.78. The molecule has 0 aromatic carbocycles. The first-order chi connectivity index (χ1) is 13.1. The Morgan fingerprint density at radius 1 is 1.21 bits per heavy atom. The summed E-state index contributed by atoms with van der Waals surface area (Å²) in [4.78, 5) is 17.8.